The zero-order chi connectivity index (χ0) is 12.3. The van der Waals surface area contributed by atoms with Crippen molar-refractivity contribution in [1.82, 2.24) is 10.2 Å². The Morgan fingerprint density at radius 3 is 2.47 bits per heavy atom. The van der Waals surface area contributed by atoms with Crippen LogP contribution in [0.15, 0.2) is 0 Å². The van der Waals surface area contributed by atoms with Gasteiger partial charge in [-0.3, -0.25) is 4.79 Å². The summed E-state index contributed by atoms with van der Waals surface area (Å²) < 4.78 is 0. The van der Waals surface area contributed by atoms with Crippen molar-refractivity contribution >= 4 is 30.7 Å². The molecule has 1 atom stereocenters. The lowest BCUT2D eigenvalue weighted by atomic mass is 9.85. The molecule has 4 nitrogen and oxygen atoms in total. The fourth-order valence-corrected chi connectivity index (χ4v) is 3.19. The van der Waals surface area contributed by atoms with E-state index in [2.05, 4.69) is 17.3 Å². The molecular formula is C13H27Cl2N3O. The SMILES string of the molecule is CN1CCC(CNC(=O)C2(CN)CCCC2)C1.Cl.Cl. The molecule has 2 aliphatic rings. The number of halogens is 2. The minimum atomic E-state index is -0.246. The lowest BCUT2D eigenvalue weighted by Crippen LogP contribution is -2.45. The molecule has 0 radical (unpaired) electrons. The van der Waals surface area contributed by atoms with Crippen molar-refractivity contribution in [3.05, 3.63) is 0 Å². The van der Waals surface area contributed by atoms with E-state index in [1.54, 1.807) is 0 Å². The van der Waals surface area contributed by atoms with E-state index in [4.69, 9.17) is 5.73 Å². The monoisotopic (exact) mass is 311 g/mol. The zero-order valence-electron chi connectivity index (χ0n) is 11.7. The Balaban J connectivity index is 0.00000162. The molecule has 6 heteroatoms. The summed E-state index contributed by atoms with van der Waals surface area (Å²) in [5.41, 5.74) is 5.56. The average Bonchev–Trinajstić information content (AvgIpc) is 2.95. The van der Waals surface area contributed by atoms with E-state index in [9.17, 15) is 4.79 Å². The Labute approximate surface area is 128 Å². The molecule has 0 bridgehead atoms. The molecule has 0 aromatic rings. The van der Waals surface area contributed by atoms with Crippen LogP contribution in [0.2, 0.25) is 0 Å². The lowest BCUT2D eigenvalue weighted by molar-refractivity contribution is -0.130. The van der Waals surface area contributed by atoms with Crippen LogP contribution in [0.3, 0.4) is 0 Å². The van der Waals surface area contributed by atoms with Gasteiger partial charge >= 0.3 is 0 Å². The van der Waals surface area contributed by atoms with E-state index >= 15 is 0 Å². The molecule has 1 amide bonds. The number of amides is 1. The van der Waals surface area contributed by atoms with Gasteiger partial charge in [0.2, 0.25) is 5.91 Å². The maximum Gasteiger partial charge on any atom is 0.227 e. The highest BCUT2D eigenvalue weighted by Crippen LogP contribution is 2.37. The van der Waals surface area contributed by atoms with E-state index in [0.29, 0.717) is 12.5 Å². The van der Waals surface area contributed by atoms with Crippen molar-refractivity contribution in [3.63, 3.8) is 0 Å². The van der Waals surface area contributed by atoms with Gasteiger partial charge in [-0.15, -0.1) is 24.8 Å². The summed E-state index contributed by atoms with van der Waals surface area (Å²) in [6, 6.07) is 0. The van der Waals surface area contributed by atoms with Crippen LogP contribution in [0.25, 0.3) is 0 Å². The first-order valence-electron chi connectivity index (χ1n) is 6.83. The summed E-state index contributed by atoms with van der Waals surface area (Å²) in [5.74, 6) is 0.826. The van der Waals surface area contributed by atoms with Crippen molar-refractivity contribution in [3.8, 4) is 0 Å². The molecule has 1 aliphatic heterocycles. The molecule has 114 valence electrons. The second kappa shape index (κ2) is 8.30. The molecule has 0 aromatic heterocycles. The third-order valence-corrected chi connectivity index (χ3v) is 4.47. The maximum absolute atomic E-state index is 12.2. The molecule has 2 rings (SSSR count). The van der Waals surface area contributed by atoms with Crippen molar-refractivity contribution in [2.75, 3.05) is 33.2 Å². The van der Waals surface area contributed by atoms with Gasteiger partial charge in [0.15, 0.2) is 0 Å². The second-order valence-electron chi connectivity index (χ2n) is 5.82. The van der Waals surface area contributed by atoms with E-state index in [-0.39, 0.29) is 36.1 Å². The first-order chi connectivity index (χ1) is 8.16. The fourth-order valence-electron chi connectivity index (χ4n) is 3.19. The summed E-state index contributed by atoms with van der Waals surface area (Å²) in [6.07, 6.45) is 5.44. The van der Waals surface area contributed by atoms with Gasteiger partial charge in [0.05, 0.1) is 5.41 Å². The molecule has 3 N–H and O–H groups in total. The van der Waals surface area contributed by atoms with Crippen LogP contribution < -0.4 is 11.1 Å². The average molecular weight is 312 g/mol. The molecule has 1 unspecified atom stereocenters. The number of likely N-dealkylation sites (tertiary alicyclic amines) is 1. The van der Waals surface area contributed by atoms with Crippen LogP contribution in [-0.4, -0.2) is 44.0 Å². The number of hydrogen-bond donors (Lipinski definition) is 2. The molecule has 1 saturated heterocycles. The van der Waals surface area contributed by atoms with Crippen molar-refractivity contribution in [2.45, 2.75) is 32.1 Å². The molecular weight excluding hydrogens is 285 g/mol. The van der Waals surface area contributed by atoms with Crippen LogP contribution in [0.1, 0.15) is 32.1 Å². The van der Waals surface area contributed by atoms with Crippen molar-refractivity contribution < 1.29 is 4.79 Å². The Kier molecular flexibility index (Phi) is 8.29. The van der Waals surface area contributed by atoms with E-state index in [1.165, 1.54) is 6.42 Å². The van der Waals surface area contributed by atoms with Gasteiger partial charge in [-0.25, -0.2) is 0 Å². The highest BCUT2D eigenvalue weighted by Gasteiger charge is 2.39. The standard InChI is InChI=1S/C13H25N3O.2ClH/c1-16-7-4-11(9-16)8-15-12(17)13(10-14)5-2-3-6-13;;/h11H,2-10,14H2,1H3,(H,15,17);2*1H. The van der Waals surface area contributed by atoms with Crippen molar-refractivity contribution in [1.29, 1.82) is 0 Å². The highest BCUT2D eigenvalue weighted by molar-refractivity contribution is 5.85. The number of nitrogens with one attached hydrogen (secondary N) is 1. The molecule has 0 spiro atoms. The summed E-state index contributed by atoms with van der Waals surface area (Å²) in [7, 11) is 2.14. The predicted octanol–water partition coefficient (Wildman–Crippen LogP) is 1.42. The summed E-state index contributed by atoms with van der Waals surface area (Å²) in [5, 5.41) is 3.13. The van der Waals surface area contributed by atoms with Gasteiger partial charge in [0.25, 0.3) is 0 Å². The maximum atomic E-state index is 12.2. The Morgan fingerprint density at radius 1 is 1.37 bits per heavy atom. The van der Waals surface area contributed by atoms with Gasteiger partial charge in [-0.1, -0.05) is 12.8 Å². The number of carbonyl (C=O) groups is 1. The number of rotatable bonds is 4. The van der Waals surface area contributed by atoms with Gasteiger partial charge < -0.3 is 16.0 Å². The first-order valence-corrected chi connectivity index (χ1v) is 6.83. The van der Waals surface area contributed by atoms with Gasteiger partial charge in [-0.05, 0) is 38.8 Å². The predicted molar refractivity (Wildman–Crippen MR) is 83.1 cm³/mol. The van der Waals surface area contributed by atoms with E-state index < -0.39 is 0 Å². The van der Waals surface area contributed by atoms with E-state index in [1.807, 2.05) is 0 Å². The molecule has 2 fully saturated rings. The number of nitrogens with zero attached hydrogens (tertiary/aromatic N) is 1. The normalized spacial score (nSPS) is 25.5. The van der Waals surface area contributed by atoms with E-state index in [0.717, 1.165) is 45.3 Å². The second-order valence-corrected chi connectivity index (χ2v) is 5.82. The summed E-state index contributed by atoms with van der Waals surface area (Å²) in [6.45, 7) is 3.59. The molecule has 1 saturated carbocycles. The zero-order valence-corrected chi connectivity index (χ0v) is 13.3. The lowest BCUT2D eigenvalue weighted by Gasteiger charge is -2.26. The highest BCUT2D eigenvalue weighted by atomic mass is 35.5. The van der Waals surface area contributed by atoms with Crippen LogP contribution in [-0.2, 0) is 4.79 Å². The van der Waals surface area contributed by atoms with Crippen molar-refractivity contribution in [2.24, 2.45) is 17.1 Å². The number of carbonyl (C=O) groups excluding carboxylic acids is 1. The van der Waals surface area contributed by atoms with Gasteiger partial charge in [0.1, 0.15) is 0 Å². The summed E-state index contributed by atoms with van der Waals surface area (Å²) >= 11 is 0. The molecule has 19 heavy (non-hydrogen) atoms. The number of nitrogens with two attached hydrogens (primary N) is 1. The minimum Gasteiger partial charge on any atom is -0.355 e. The number of hydrogen-bond acceptors (Lipinski definition) is 3. The summed E-state index contributed by atoms with van der Waals surface area (Å²) in [4.78, 5) is 14.6. The quantitative estimate of drug-likeness (QED) is 0.825. The Morgan fingerprint density at radius 2 is 2.00 bits per heavy atom. The minimum absolute atomic E-state index is 0. The third-order valence-electron chi connectivity index (χ3n) is 4.47. The van der Waals surface area contributed by atoms with Crippen LogP contribution >= 0.6 is 24.8 Å². The van der Waals surface area contributed by atoms with Crippen LogP contribution in [0, 0.1) is 11.3 Å². The van der Waals surface area contributed by atoms with Gasteiger partial charge in [-0.2, -0.15) is 0 Å². The molecule has 0 aromatic carbocycles. The Hall–Kier alpha value is -0.0300. The van der Waals surface area contributed by atoms with Crippen LogP contribution in [0.4, 0.5) is 0 Å². The van der Waals surface area contributed by atoms with Gasteiger partial charge in [0, 0.05) is 19.6 Å². The largest absolute Gasteiger partial charge is 0.355 e. The molecule has 1 heterocycles. The first kappa shape index (κ1) is 19.0. The van der Waals surface area contributed by atoms with Crippen LogP contribution in [0.5, 0.6) is 0 Å². The topological polar surface area (TPSA) is 58.4 Å². The molecule has 1 aliphatic carbocycles. The smallest absolute Gasteiger partial charge is 0.227 e. The fraction of sp³-hybridized carbons (Fsp3) is 0.923. The Bertz CT molecular complexity index is 283. The third kappa shape index (κ3) is 4.48.